The van der Waals surface area contributed by atoms with Crippen molar-refractivity contribution >= 4 is 0 Å². The lowest BCUT2D eigenvalue weighted by Gasteiger charge is -2.24. The first-order chi connectivity index (χ1) is 8.72. The number of ether oxygens (including phenoxy) is 1. The molecule has 0 spiro atoms. The Morgan fingerprint density at radius 3 is 2.67 bits per heavy atom. The second-order valence-electron chi connectivity index (χ2n) is 4.70. The van der Waals surface area contributed by atoms with Crippen molar-refractivity contribution < 1.29 is 4.74 Å². The average molecular weight is 250 g/mol. The maximum absolute atomic E-state index is 5.52. The summed E-state index contributed by atoms with van der Waals surface area (Å²) in [6.07, 6.45) is 6.02. The highest BCUT2D eigenvalue weighted by Crippen LogP contribution is 2.26. The molecule has 0 aliphatic rings. The molecule has 3 heteroatoms. The highest BCUT2D eigenvalue weighted by Gasteiger charge is 2.17. The fraction of sp³-hybridized carbons (Fsp3) is 0.667. The van der Waals surface area contributed by atoms with Crippen molar-refractivity contribution in [3.05, 3.63) is 24.0 Å². The Kier molecular flexibility index (Phi) is 6.73. The van der Waals surface area contributed by atoms with E-state index >= 15 is 0 Å². The van der Waals surface area contributed by atoms with Crippen molar-refractivity contribution in [2.45, 2.75) is 46.6 Å². The molecule has 1 rings (SSSR count). The van der Waals surface area contributed by atoms with Crippen molar-refractivity contribution in [3.63, 3.8) is 0 Å². The van der Waals surface area contributed by atoms with E-state index in [9.17, 15) is 0 Å². The fourth-order valence-electron chi connectivity index (χ4n) is 2.03. The molecule has 0 amide bonds. The van der Waals surface area contributed by atoms with Gasteiger partial charge in [-0.3, -0.25) is 4.98 Å². The van der Waals surface area contributed by atoms with E-state index in [1.165, 1.54) is 5.56 Å². The maximum Gasteiger partial charge on any atom is 0.137 e. The van der Waals surface area contributed by atoms with Gasteiger partial charge in [0.2, 0.25) is 0 Å². The predicted molar refractivity (Wildman–Crippen MR) is 75.9 cm³/mol. The topological polar surface area (TPSA) is 34.2 Å². The van der Waals surface area contributed by atoms with Gasteiger partial charge in [-0.25, -0.2) is 0 Å². The van der Waals surface area contributed by atoms with E-state index in [2.05, 4.69) is 37.1 Å². The molecule has 0 fully saturated rings. The van der Waals surface area contributed by atoms with Crippen LogP contribution in [0.1, 0.15) is 52.1 Å². The van der Waals surface area contributed by atoms with Gasteiger partial charge in [0.25, 0.3) is 0 Å². The third-order valence-electron chi connectivity index (χ3n) is 3.23. The summed E-state index contributed by atoms with van der Waals surface area (Å²) in [4.78, 5) is 4.28. The summed E-state index contributed by atoms with van der Waals surface area (Å²) in [6, 6.07) is 2.47. The van der Waals surface area contributed by atoms with Crippen LogP contribution in [0, 0.1) is 5.92 Å². The summed E-state index contributed by atoms with van der Waals surface area (Å²) in [7, 11) is 0. The first kappa shape index (κ1) is 15.0. The summed E-state index contributed by atoms with van der Waals surface area (Å²) >= 11 is 0. The summed E-state index contributed by atoms with van der Waals surface area (Å²) in [5.41, 5.74) is 1.23. The molecule has 0 aliphatic carbocycles. The highest BCUT2D eigenvalue weighted by atomic mass is 16.5. The lowest BCUT2D eigenvalue weighted by atomic mass is 9.93. The summed E-state index contributed by atoms with van der Waals surface area (Å²) in [5.74, 6) is 1.46. The molecule has 18 heavy (non-hydrogen) atoms. The number of hydrogen-bond donors (Lipinski definition) is 1. The minimum Gasteiger partial charge on any atom is -0.492 e. The first-order valence-corrected chi connectivity index (χ1v) is 7.04. The average Bonchev–Trinajstić information content (AvgIpc) is 2.39. The van der Waals surface area contributed by atoms with Crippen LogP contribution in [0.15, 0.2) is 18.5 Å². The lowest BCUT2D eigenvalue weighted by molar-refractivity contribution is 0.334. The largest absolute Gasteiger partial charge is 0.492 e. The molecule has 1 heterocycles. The molecule has 2 unspecified atom stereocenters. The van der Waals surface area contributed by atoms with E-state index in [-0.39, 0.29) is 0 Å². The third-order valence-corrected chi connectivity index (χ3v) is 3.23. The minimum absolute atomic E-state index is 0.364. The minimum atomic E-state index is 0.364. The van der Waals surface area contributed by atoms with Crippen LogP contribution in [-0.2, 0) is 0 Å². The van der Waals surface area contributed by atoms with Gasteiger partial charge in [0, 0.05) is 12.2 Å². The Hall–Kier alpha value is -1.09. The zero-order chi connectivity index (χ0) is 13.4. The van der Waals surface area contributed by atoms with Crippen LogP contribution in [0.2, 0.25) is 0 Å². The van der Waals surface area contributed by atoms with Gasteiger partial charge in [0.15, 0.2) is 0 Å². The van der Waals surface area contributed by atoms with Crippen LogP contribution in [0.3, 0.4) is 0 Å². The van der Waals surface area contributed by atoms with Crippen molar-refractivity contribution in [1.29, 1.82) is 0 Å². The quantitative estimate of drug-likeness (QED) is 0.766. The van der Waals surface area contributed by atoms with Crippen molar-refractivity contribution in [2.24, 2.45) is 5.92 Å². The smallest absolute Gasteiger partial charge is 0.137 e. The highest BCUT2D eigenvalue weighted by molar-refractivity contribution is 5.26. The van der Waals surface area contributed by atoms with Crippen LogP contribution in [-0.4, -0.2) is 18.1 Å². The fourth-order valence-corrected chi connectivity index (χ4v) is 2.03. The van der Waals surface area contributed by atoms with E-state index in [1.54, 1.807) is 6.20 Å². The molecule has 0 saturated heterocycles. The molecular weight excluding hydrogens is 224 g/mol. The molecule has 0 bridgehead atoms. The number of nitrogens with zero attached hydrogens (tertiary/aromatic N) is 1. The van der Waals surface area contributed by atoms with E-state index in [4.69, 9.17) is 4.74 Å². The maximum atomic E-state index is 5.52. The lowest BCUT2D eigenvalue weighted by Crippen LogP contribution is -2.27. The van der Waals surface area contributed by atoms with E-state index in [1.807, 2.05) is 13.1 Å². The molecule has 2 atom stereocenters. The van der Waals surface area contributed by atoms with Crippen LogP contribution < -0.4 is 10.1 Å². The van der Waals surface area contributed by atoms with Gasteiger partial charge < -0.3 is 10.1 Å². The molecule has 1 N–H and O–H groups in total. The predicted octanol–water partition coefficient (Wildman–Crippen LogP) is 3.57. The summed E-state index contributed by atoms with van der Waals surface area (Å²) in [5, 5.41) is 3.61. The standard InChI is InChI=1S/C15H26N2O/c1-5-8-17-15(12(4)6-2)13-9-14(18-7-3)11-16-10-13/h9-12,15,17H,5-8H2,1-4H3. The third kappa shape index (κ3) is 4.30. The normalized spacial score (nSPS) is 14.2. The molecule has 0 aromatic carbocycles. The second kappa shape index (κ2) is 8.09. The molecule has 0 aliphatic heterocycles. The molecular formula is C15H26N2O. The number of aromatic nitrogens is 1. The molecule has 0 saturated carbocycles. The molecule has 102 valence electrons. The summed E-state index contributed by atoms with van der Waals surface area (Å²) in [6.45, 7) is 10.4. The molecule has 1 aromatic rings. The van der Waals surface area contributed by atoms with Crippen molar-refractivity contribution in [2.75, 3.05) is 13.2 Å². The SMILES string of the molecule is CCCNC(c1cncc(OCC)c1)C(C)CC. The van der Waals surface area contributed by atoms with E-state index in [0.717, 1.165) is 25.1 Å². The Balaban J connectivity index is 2.85. The van der Waals surface area contributed by atoms with Gasteiger partial charge in [-0.05, 0) is 37.4 Å². The first-order valence-electron chi connectivity index (χ1n) is 7.04. The Morgan fingerprint density at radius 1 is 1.28 bits per heavy atom. The Morgan fingerprint density at radius 2 is 2.06 bits per heavy atom. The van der Waals surface area contributed by atoms with Gasteiger partial charge in [-0.1, -0.05) is 27.2 Å². The summed E-state index contributed by atoms with van der Waals surface area (Å²) < 4.78 is 5.52. The van der Waals surface area contributed by atoms with Crippen LogP contribution in [0.4, 0.5) is 0 Å². The van der Waals surface area contributed by atoms with Crippen LogP contribution >= 0.6 is 0 Å². The van der Waals surface area contributed by atoms with Gasteiger partial charge in [-0.2, -0.15) is 0 Å². The Bertz CT molecular complexity index is 341. The van der Waals surface area contributed by atoms with Crippen molar-refractivity contribution in [1.82, 2.24) is 10.3 Å². The van der Waals surface area contributed by atoms with Crippen molar-refractivity contribution in [3.8, 4) is 5.75 Å². The second-order valence-corrected chi connectivity index (χ2v) is 4.70. The number of pyridine rings is 1. The number of rotatable bonds is 8. The zero-order valence-corrected chi connectivity index (χ0v) is 12.1. The van der Waals surface area contributed by atoms with E-state index < -0.39 is 0 Å². The molecule has 3 nitrogen and oxygen atoms in total. The van der Waals surface area contributed by atoms with E-state index in [0.29, 0.717) is 18.6 Å². The Labute approximate surface area is 111 Å². The monoisotopic (exact) mass is 250 g/mol. The molecule has 0 radical (unpaired) electrons. The van der Waals surface area contributed by atoms with Gasteiger partial charge in [0.05, 0.1) is 12.8 Å². The number of nitrogens with one attached hydrogen (secondary N) is 1. The van der Waals surface area contributed by atoms with Crippen LogP contribution in [0.25, 0.3) is 0 Å². The van der Waals surface area contributed by atoms with Gasteiger partial charge in [0.1, 0.15) is 5.75 Å². The van der Waals surface area contributed by atoms with Gasteiger partial charge in [-0.15, -0.1) is 0 Å². The van der Waals surface area contributed by atoms with Gasteiger partial charge >= 0.3 is 0 Å². The van der Waals surface area contributed by atoms with Crippen LogP contribution in [0.5, 0.6) is 5.75 Å². The zero-order valence-electron chi connectivity index (χ0n) is 12.1. The number of hydrogen-bond acceptors (Lipinski definition) is 3. The molecule has 1 aromatic heterocycles.